The van der Waals surface area contributed by atoms with Crippen molar-refractivity contribution in [2.24, 2.45) is 5.92 Å². The highest BCUT2D eigenvalue weighted by Gasteiger charge is 2.39. The van der Waals surface area contributed by atoms with Gasteiger partial charge < -0.3 is 5.32 Å². The zero-order chi connectivity index (χ0) is 12.3. The third kappa shape index (κ3) is 2.41. The summed E-state index contributed by atoms with van der Waals surface area (Å²) in [5, 5.41) is 12.4. The maximum atomic E-state index is 13.6. The van der Waals surface area contributed by atoms with Crippen LogP contribution in [0.2, 0.25) is 0 Å². The first-order chi connectivity index (χ1) is 8.19. The number of hydrogen-bond donors (Lipinski definition) is 1. The molecule has 0 radical (unpaired) electrons. The first kappa shape index (κ1) is 11.9. The number of nitrogens with one attached hydrogen (secondary N) is 1. The molecule has 0 aliphatic heterocycles. The molecule has 1 saturated carbocycles. The van der Waals surface area contributed by atoms with E-state index >= 15 is 0 Å². The van der Waals surface area contributed by atoms with E-state index in [1.54, 1.807) is 18.2 Å². The van der Waals surface area contributed by atoms with Crippen molar-refractivity contribution in [2.45, 2.75) is 38.1 Å². The number of benzene rings is 1. The Balaban J connectivity index is 2.17. The highest BCUT2D eigenvalue weighted by Crippen LogP contribution is 2.38. The zero-order valence-corrected chi connectivity index (χ0v) is 10.0. The minimum Gasteiger partial charge on any atom is -0.365 e. The molecule has 1 aliphatic carbocycles. The van der Waals surface area contributed by atoms with Crippen molar-refractivity contribution in [2.75, 3.05) is 5.32 Å². The molecular formula is C14H17FN2. The van der Waals surface area contributed by atoms with Gasteiger partial charge >= 0.3 is 0 Å². The van der Waals surface area contributed by atoms with E-state index in [9.17, 15) is 9.65 Å². The molecule has 3 heteroatoms. The predicted molar refractivity (Wildman–Crippen MR) is 66.0 cm³/mol. The van der Waals surface area contributed by atoms with Crippen LogP contribution < -0.4 is 5.32 Å². The fraction of sp³-hybridized carbons (Fsp3) is 0.500. The summed E-state index contributed by atoms with van der Waals surface area (Å²) in [6.45, 7) is 2.14. The Labute approximate surface area is 101 Å². The van der Waals surface area contributed by atoms with Crippen LogP contribution in [0.15, 0.2) is 24.3 Å². The van der Waals surface area contributed by atoms with Crippen LogP contribution in [0.25, 0.3) is 0 Å². The Morgan fingerprint density at radius 3 is 2.88 bits per heavy atom. The molecule has 0 amide bonds. The van der Waals surface area contributed by atoms with Crippen molar-refractivity contribution >= 4 is 5.69 Å². The second kappa shape index (κ2) is 4.75. The van der Waals surface area contributed by atoms with Gasteiger partial charge in [-0.25, -0.2) is 4.39 Å². The van der Waals surface area contributed by atoms with Crippen molar-refractivity contribution in [1.82, 2.24) is 0 Å². The third-order valence-corrected chi connectivity index (χ3v) is 3.66. The molecule has 1 aromatic rings. The molecule has 2 rings (SSSR count). The first-order valence-corrected chi connectivity index (χ1v) is 6.13. The SMILES string of the molecule is CCC1CCC(C#N)(Nc2ccccc2F)C1. The lowest BCUT2D eigenvalue weighted by atomic mass is 9.96. The lowest BCUT2D eigenvalue weighted by Gasteiger charge is -2.24. The van der Waals surface area contributed by atoms with E-state index in [-0.39, 0.29) is 5.82 Å². The van der Waals surface area contributed by atoms with Crippen LogP contribution in [0.5, 0.6) is 0 Å². The highest BCUT2D eigenvalue weighted by atomic mass is 19.1. The Morgan fingerprint density at radius 1 is 1.53 bits per heavy atom. The van der Waals surface area contributed by atoms with E-state index in [0.717, 1.165) is 25.7 Å². The summed E-state index contributed by atoms with van der Waals surface area (Å²) in [6.07, 6.45) is 3.75. The van der Waals surface area contributed by atoms with Crippen LogP contribution in [0.4, 0.5) is 10.1 Å². The summed E-state index contributed by atoms with van der Waals surface area (Å²) in [6, 6.07) is 8.88. The second-order valence-corrected chi connectivity index (χ2v) is 4.82. The summed E-state index contributed by atoms with van der Waals surface area (Å²) >= 11 is 0. The largest absolute Gasteiger partial charge is 0.365 e. The maximum absolute atomic E-state index is 13.6. The maximum Gasteiger partial charge on any atom is 0.146 e. The van der Waals surface area contributed by atoms with E-state index in [0.29, 0.717) is 11.6 Å². The van der Waals surface area contributed by atoms with Gasteiger partial charge in [-0.2, -0.15) is 5.26 Å². The molecule has 0 spiro atoms. The molecule has 1 N–H and O–H groups in total. The Morgan fingerprint density at radius 2 is 2.29 bits per heavy atom. The van der Waals surface area contributed by atoms with Crippen molar-refractivity contribution in [1.29, 1.82) is 5.26 Å². The standard InChI is InChI=1S/C14H17FN2/c1-2-11-7-8-14(9-11,10-16)17-13-6-4-3-5-12(13)15/h3-6,11,17H,2,7-9H2,1H3. The molecule has 2 nitrogen and oxygen atoms in total. The van der Waals surface area contributed by atoms with Crippen LogP contribution in [-0.4, -0.2) is 5.54 Å². The number of anilines is 1. The molecule has 1 aromatic carbocycles. The minimum absolute atomic E-state index is 0.290. The lowest BCUT2D eigenvalue weighted by molar-refractivity contribution is 0.501. The van der Waals surface area contributed by atoms with E-state index in [2.05, 4.69) is 18.3 Å². The van der Waals surface area contributed by atoms with Gasteiger partial charge in [-0.1, -0.05) is 25.5 Å². The Bertz CT molecular complexity index is 438. The van der Waals surface area contributed by atoms with Gasteiger partial charge in [0.1, 0.15) is 11.4 Å². The predicted octanol–water partition coefficient (Wildman–Crippen LogP) is 3.71. The summed E-state index contributed by atoms with van der Waals surface area (Å²) in [4.78, 5) is 0. The van der Waals surface area contributed by atoms with Crippen molar-refractivity contribution in [3.05, 3.63) is 30.1 Å². The lowest BCUT2D eigenvalue weighted by Crippen LogP contribution is -2.34. The molecule has 0 saturated heterocycles. The molecule has 17 heavy (non-hydrogen) atoms. The summed E-state index contributed by atoms with van der Waals surface area (Å²) in [7, 11) is 0. The van der Waals surface area contributed by atoms with Crippen LogP contribution >= 0.6 is 0 Å². The summed E-state index contributed by atoms with van der Waals surface area (Å²) in [5.41, 5.74) is -0.145. The number of rotatable bonds is 3. The van der Waals surface area contributed by atoms with Gasteiger partial charge in [0.05, 0.1) is 11.8 Å². The molecule has 0 bridgehead atoms. The van der Waals surface area contributed by atoms with Crippen LogP contribution in [0, 0.1) is 23.1 Å². The molecule has 2 unspecified atom stereocenters. The highest BCUT2D eigenvalue weighted by molar-refractivity contribution is 5.49. The van der Waals surface area contributed by atoms with Gasteiger partial charge in [-0.15, -0.1) is 0 Å². The molecule has 2 atom stereocenters. The number of nitriles is 1. The van der Waals surface area contributed by atoms with Crippen molar-refractivity contribution < 1.29 is 4.39 Å². The zero-order valence-electron chi connectivity index (χ0n) is 10.0. The molecular weight excluding hydrogens is 215 g/mol. The molecule has 0 aromatic heterocycles. The Hall–Kier alpha value is -1.56. The average molecular weight is 232 g/mol. The van der Waals surface area contributed by atoms with Crippen LogP contribution in [0.1, 0.15) is 32.6 Å². The van der Waals surface area contributed by atoms with Gasteiger partial charge in [-0.3, -0.25) is 0 Å². The quantitative estimate of drug-likeness (QED) is 0.862. The topological polar surface area (TPSA) is 35.8 Å². The molecule has 90 valence electrons. The monoisotopic (exact) mass is 232 g/mol. The first-order valence-electron chi connectivity index (χ1n) is 6.13. The van der Waals surface area contributed by atoms with Gasteiger partial charge in [0.2, 0.25) is 0 Å². The van der Waals surface area contributed by atoms with E-state index in [1.807, 2.05) is 0 Å². The average Bonchev–Trinajstić information content (AvgIpc) is 2.76. The van der Waals surface area contributed by atoms with E-state index in [1.165, 1.54) is 6.07 Å². The number of nitrogens with zero attached hydrogens (tertiary/aromatic N) is 1. The van der Waals surface area contributed by atoms with Crippen molar-refractivity contribution in [3.8, 4) is 6.07 Å². The van der Waals surface area contributed by atoms with E-state index in [4.69, 9.17) is 0 Å². The number of para-hydroxylation sites is 1. The summed E-state index contributed by atoms with van der Waals surface area (Å²) in [5.74, 6) is 0.288. The third-order valence-electron chi connectivity index (χ3n) is 3.66. The van der Waals surface area contributed by atoms with Crippen LogP contribution in [0.3, 0.4) is 0 Å². The smallest absolute Gasteiger partial charge is 0.146 e. The fourth-order valence-electron chi connectivity index (χ4n) is 2.56. The second-order valence-electron chi connectivity index (χ2n) is 4.82. The number of halogens is 1. The molecule has 1 fully saturated rings. The number of hydrogen-bond acceptors (Lipinski definition) is 2. The van der Waals surface area contributed by atoms with Gasteiger partial charge in [0.25, 0.3) is 0 Å². The fourth-order valence-corrected chi connectivity index (χ4v) is 2.56. The van der Waals surface area contributed by atoms with Gasteiger partial charge in [0.15, 0.2) is 0 Å². The normalized spacial score (nSPS) is 27.7. The van der Waals surface area contributed by atoms with Crippen molar-refractivity contribution in [3.63, 3.8) is 0 Å². The minimum atomic E-state index is -0.580. The molecule has 1 aliphatic rings. The van der Waals surface area contributed by atoms with Gasteiger partial charge in [-0.05, 0) is 37.3 Å². The van der Waals surface area contributed by atoms with E-state index < -0.39 is 5.54 Å². The molecule has 0 heterocycles. The summed E-state index contributed by atoms with van der Waals surface area (Å²) < 4.78 is 13.6. The van der Waals surface area contributed by atoms with Crippen LogP contribution in [-0.2, 0) is 0 Å². The van der Waals surface area contributed by atoms with Gasteiger partial charge in [0, 0.05) is 0 Å². The Kier molecular flexibility index (Phi) is 3.33.